The van der Waals surface area contributed by atoms with Crippen LogP contribution in [-0.4, -0.2) is 24.8 Å². The molecule has 15 heavy (non-hydrogen) atoms. The maximum absolute atomic E-state index is 3.18. The van der Waals surface area contributed by atoms with Crippen molar-refractivity contribution in [3.63, 3.8) is 0 Å². The predicted molar refractivity (Wildman–Crippen MR) is 72.9 cm³/mol. The van der Waals surface area contributed by atoms with Crippen LogP contribution in [0.1, 0.15) is 12.0 Å². The van der Waals surface area contributed by atoms with Gasteiger partial charge in [-0.3, -0.25) is 0 Å². The van der Waals surface area contributed by atoms with Gasteiger partial charge in [0.15, 0.2) is 0 Å². The Labute approximate surface area is 101 Å². The molecule has 0 atom stereocenters. The first kappa shape index (κ1) is 12.9. The van der Waals surface area contributed by atoms with Gasteiger partial charge in [0.1, 0.15) is 0 Å². The average molecular weight is 241 g/mol. The van der Waals surface area contributed by atoms with Gasteiger partial charge in [-0.05, 0) is 48.9 Å². The van der Waals surface area contributed by atoms with Gasteiger partial charge >= 0.3 is 0 Å². The van der Waals surface area contributed by atoms with E-state index in [-0.39, 0.29) is 0 Å². The van der Waals surface area contributed by atoms with Gasteiger partial charge in [-0.25, -0.2) is 0 Å². The zero-order valence-electron chi connectivity index (χ0n) is 9.45. The van der Waals surface area contributed by atoms with Crippen molar-refractivity contribution in [2.75, 3.05) is 24.8 Å². The normalized spacial score (nSPS) is 10.5. The topological polar surface area (TPSA) is 12.0 Å². The molecule has 3 heteroatoms. The van der Waals surface area contributed by atoms with Crippen LogP contribution in [0.15, 0.2) is 29.2 Å². The summed E-state index contributed by atoms with van der Waals surface area (Å²) < 4.78 is 0. The third kappa shape index (κ3) is 5.50. The highest BCUT2D eigenvalue weighted by molar-refractivity contribution is 7.99. The van der Waals surface area contributed by atoms with Crippen molar-refractivity contribution in [3.8, 4) is 0 Å². The molecule has 0 bridgehead atoms. The van der Waals surface area contributed by atoms with Crippen LogP contribution in [-0.2, 0) is 6.54 Å². The highest BCUT2D eigenvalue weighted by Crippen LogP contribution is 2.20. The van der Waals surface area contributed by atoms with Crippen LogP contribution in [0.4, 0.5) is 0 Å². The van der Waals surface area contributed by atoms with Crippen molar-refractivity contribution in [1.29, 1.82) is 0 Å². The van der Waals surface area contributed by atoms with Crippen molar-refractivity contribution in [2.45, 2.75) is 17.9 Å². The van der Waals surface area contributed by atoms with Crippen molar-refractivity contribution in [3.05, 3.63) is 29.8 Å². The molecule has 0 aliphatic rings. The minimum absolute atomic E-state index is 0.958. The Morgan fingerprint density at radius 3 is 2.87 bits per heavy atom. The molecule has 1 rings (SSSR count). The van der Waals surface area contributed by atoms with Crippen LogP contribution < -0.4 is 5.32 Å². The number of thioether (sulfide) groups is 2. The third-order valence-corrected chi connectivity index (χ3v) is 3.82. The summed E-state index contributed by atoms with van der Waals surface area (Å²) in [6, 6.07) is 8.79. The number of hydrogen-bond acceptors (Lipinski definition) is 3. The fourth-order valence-electron chi connectivity index (χ4n) is 1.34. The molecule has 0 heterocycles. The summed E-state index contributed by atoms with van der Waals surface area (Å²) in [5.41, 5.74) is 1.37. The first-order valence-electron chi connectivity index (χ1n) is 5.22. The van der Waals surface area contributed by atoms with Crippen LogP contribution >= 0.6 is 23.5 Å². The summed E-state index contributed by atoms with van der Waals surface area (Å²) in [4.78, 5) is 1.39. The minimum Gasteiger partial charge on any atom is -0.316 e. The molecule has 0 fully saturated rings. The second kappa shape index (κ2) is 8.08. The van der Waals surface area contributed by atoms with Gasteiger partial charge in [-0.2, -0.15) is 11.8 Å². The molecule has 0 aliphatic heterocycles. The lowest BCUT2D eigenvalue weighted by atomic mass is 10.2. The monoisotopic (exact) mass is 241 g/mol. The van der Waals surface area contributed by atoms with E-state index in [1.165, 1.54) is 28.4 Å². The summed E-state index contributed by atoms with van der Waals surface area (Å²) in [5, 5.41) is 3.18. The first-order chi connectivity index (χ1) is 7.36. The van der Waals surface area contributed by atoms with Crippen LogP contribution in [0.25, 0.3) is 0 Å². The third-order valence-electron chi connectivity index (χ3n) is 2.04. The van der Waals surface area contributed by atoms with E-state index < -0.39 is 0 Å². The second-order valence-electron chi connectivity index (χ2n) is 3.37. The van der Waals surface area contributed by atoms with Gasteiger partial charge in [0.25, 0.3) is 0 Å². The molecular formula is C12H19NS2. The second-order valence-corrected chi connectivity index (χ2v) is 5.53. The van der Waals surface area contributed by atoms with E-state index >= 15 is 0 Å². The summed E-state index contributed by atoms with van der Waals surface area (Å²) in [6.45, 7) is 0.958. The lowest BCUT2D eigenvalue weighted by Gasteiger charge is -2.04. The van der Waals surface area contributed by atoms with E-state index in [2.05, 4.69) is 35.8 Å². The Morgan fingerprint density at radius 1 is 1.27 bits per heavy atom. The molecule has 1 aromatic rings. The van der Waals surface area contributed by atoms with E-state index in [4.69, 9.17) is 0 Å². The van der Waals surface area contributed by atoms with Gasteiger partial charge in [0.2, 0.25) is 0 Å². The summed E-state index contributed by atoms with van der Waals surface area (Å²) in [5.74, 6) is 2.49. The van der Waals surface area contributed by atoms with Crippen molar-refractivity contribution in [2.24, 2.45) is 0 Å². The molecule has 0 amide bonds. The Kier molecular flexibility index (Phi) is 6.98. The first-order valence-corrected chi connectivity index (χ1v) is 7.60. The lowest BCUT2D eigenvalue weighted by molar-refractivity contribution is 0.815. The van der Waals surface area contributed by atoms with Gasteiger partial charge < -0.3 is 5.32 Å². The SMILES string of the molecule is CNCc1cccc(SCCCSC)c1. The smallest absolute Gasteiger partial charge is 0.0202 e. The molecule has 1 nitrogen and oxygen atoms in total. The molecule has 1 aromatic carbocycles. The Hall–Kier alpha value is -0.120. The number of nitrogens with one attached hydrogen (secondary N) is 1. The summed E-state index contributed by atoms with van der Waals surface area (Å²) in [6.07, 6.45) is 3.46. The molecule has 0 saturated carbocycles. The molecule has 0 saturated heterocycles. The Morgan fingerprint density at radius 2 is 2.13 bits per heavy atom. The van der Waals surface area contributed by atoms with Crippen LogP contribution in [0.2, 0.25) is 0 Å². The zero-order valence-corrected chi connectivity index (χ0v) is 11.1. The summed E-state index contributed by atoms with van der Waals surface area (Å²) >= 11 is 3.88. The minimum atomic E-state index is 0.958. The van der Waals surface area contributed by atoms with E-state index in [9.17, 15) is 0 Å². The highest BCUT2D eigenvalue weighted by Gasteiger charge is 1.96. The largest absolute Gasteiger partial charge is 0.316 e. The van der Waals surface area contributed by atoms with Gasteiger partial charge in [0.05, 0.1) is 0 Å². The molecule has 0 unspecified atom stereocenters. The highest BCUT2D eigenvalue weighted by atomic mass is 32.2. The van der Waals surface area contributed by atoms with Gasteiger partial charge in [0, 0.05) is 11.4 Å². The van der Waals surface area contributed by atoms with Gasteiger partial charge in [-0.1, -0.05) is 12.1 Å². The van der Waals surface area contributed by atoms with E-state index in [1.54, 1.807) is 0 Å². The average Bonchev–Trinajstić information content (AvgIpc) is 2.26. The van der Waals surface area contributed by atoms with Gasteiger partial charge in [-0.15, -0.1) is 11.8 Å². The quantitative estimate of drug-likeness (QED) is 0.581. The van der Waals surface area contributed by atoms with Crippen molar-refractivity contribution < 1.29 is 0 Å². The van der Waals surface area contributed by atoms with Crippen molar-refractivity contribution in [1.82, 2.24) is 5.32 Å². The fraction of sp³-hybridized carbons (Fsp3) is 0.500. The zero-order chi connectivity index (χ0) is 10.9. The van der Waals surface area contributed by atoms with Crippen LogP contribution in [0.3, 0.4) is 0 Å². The van der Waals surface area contributed by atoms with Crippen LogP contribution in [0.5, 0.6) is 0 Å². The number of hydrogen-bond donors (Lipinski definition) is 1. The molecule has 1 N–H and O–H groups in total. The fourth-order valence-corrected chi connectivity index (χ4v) is 2.89. The molecule has 84 valence electrons. The molecule has 0 radical (unpaired) electrons. The predicted octanol–water partition coefficient (Wildman–Crippen LogP) is 3.25. The number of rotatable bonds is 7. The van der Waals surface area contributed by atoms with Crippen LogP contribution in [0, 0.1) is 0 Å². The molecule has 0 aromatic heterocycles. The maximum Gasteiger partial charge on any atom is 0.0202 e. The standard InChI is InChI=1S/C12H19NS2/c1-13-10-11-5-3-6-12(9-11)15-8-4-7-14-2/h3,5-6,9,13H,4,7-8,10H2,1-2H3. The summed E-state index contributed by atoms with van der Waals surface area (Å²) in [7, 11) is 1.98. The molecular weight excluding hydrogens is 222 g/mol. The Bertz CT molecular complexity index is 276. The van der Waals surface area contributed by atoms with E-state index in [0.717, 1.165) is 6.54 Å². The molecule has 0 aliphatic carbocycles. The maximum atomic E-state index is 3.18. The number of benzene rings is 1. The Balaban J connectivity index is 2.36. The molecule has 0 spiro atoms. The van der Waals surface area contributed by atoms with E-state index in [1.807, 2.05) is 30.6 Å². The van der Waals surface area contributed by atoms with E-state index in [0.29, 0.717) is 0 Å². The van der Waals surface area contributed by atoms with Crippen molar-refractivity contribution >= 4 is 23.5 Å². The lowest BCUT2D eigenvalue weighted by Crippen LogP contribution is -2.04.